The third-order valence-corrected chi connectivity index (χ3v) is 6.09. The first-order valence-electron chi connectivity index (χ1n) is 11.5. The number of benzene rings is 1. The van der Waals surface area contributed by atoms with E-state index in [1.807, 2.05) is 23.1 Å². The van der Waals surface area contributed by atoms with Crippen molar-refractivity contribution in [3.63, 3.8) is 0 Å². The van der Waals surface area contributed by atoms with Crippen molar-refractivity contribution in [1.29, 1.82) is 0 Å². The third-order valence-electron chi connectivity index (χ3n) is 5.15. The molecule has 0 bridgehead atoms. The maximum absolute atomic E-state index is 12.5. The van der Waals surface area contributed by atoms with Crippen molar-refractivity contribution in [3.05, 3.63) is 18.2 Å². The first-order chi connectivity index (χ1) is 14.9. The van der Waals surface area contributed by atoms with Gasteiger partial charge in [-0.3, -0.25) is 9.59 Å². The van der Waals surface area contributed by atoms with E-state index < -0.39 is 0 Å². The van der Waals surface area contributed by atoms with Crippen LogP contribution in [0.25, 0.3) is 10.2 Å². The van der Waals surface area contributed by atoms with E-state index in [1.165, 1.54) is 31.1 Å². The summed E-state index contributed by atoms with van der Waals surface area (Å²) >= 11 is 1.44. The molecule has 7 heteroatoms. The summed E-state index contributed by atoms with van der Waals surface area (Å²) in [6.45, 7) is 9.27. The van der Waals surface area contributed by atoms with Gasteiger partial charge in [0.25, 0.3) is 0 Å². The Labute approximate surface area is 190 Å². The van der Waals surface area contributed by atoms with Crippen LogP contribution < -0.4 is 10.1 Å². The Morgan fingerprint density at radius 1 is 1.13 bits per heavy atom. The molecule has 1 aromatic heterocycles. The smallest absolute Gasteiger partial charge is 0.223 e. The number of aromatic nitrogens is 1. The van der Waals surface area contributed by atoms with Crippen LogP contribution in [0.3, 0.4) is 0 Å². The van der Waals surface area contributed by atoms with Gasteiger partial charge in [-0.1, -0.05) is 43.6 Å². The number of unbranched alkanes of at least 4 members (excludes halogenated alkanes) is 5. The van der Waals surface area contributed by atoms with E-state index in [2.05, 4.69) is 31.1 Å². The normalized spacial score (nSPS) is 11.1. The number of fused-ring (bicyclic) bond motifs is 1. The molecule has 1 N–H and O–H groups in total. The maximum atomic E-state index is 12.5. The summed E-state index contributed by atoms with van der Waals surface area (Å²) in [5.41, 5.74) is 0.788. The van der Waals surface area contributed by atoms with Crippen LogP contribution in [0.2, 0.25) is 0 Å². The van der Waals surface area contributed by atoms with E-state index in [-0.39, 0.29) is 17.9 Å². The van der Waals surface area contributed by atoms with Crippen LogP contribution >= 0.6 is 11.3 Å². The van der Waals surface area contributed by atoms with Gasteiger partial charge in [0.1, 0.15) is 11.3 Å². The van der Waals surface area contributed by atoms with Crippen LogP contribution in [0.4, 0.5) is 5.13 Å². The molecule has 0 unspecified atom stereocenters. The van der Waals surface area contributed by atoms with Gasteiger partial charge in [0.05, 0.1) is 11.3 Å². The summed E-state index contributed by atoms with van der Waals surface area (Å²) in [5.74, 6) is 0.903. The van der Waals surface area contributed by atoms with Crippen molar-refractivity contribution in [1.82, 2.24) is 9.88 Å². The Morgan fingerprint density at radius 2 is 1.90 bits per heavy atom. The van der Waals surface area contributed by atoms with Gasteiger partial charge in [0, 0.05) is 25.9 Å². The average molecular weight is 448 g/mol. The van der Waals surface area contributed by atoms with Crippen molar-refractivity contribution < 1.29 is 14.3 Å². The second kappa shape index (κ2) is 13.3. The highest BCUT2D eigenvalue weighted by Crippen LogP contribution is 2.32. The molecule has 2 aromatic rings. The van der Waals surface area contributed by atoms with Crippen LogP contribution in [0.15, 0.2) is 18.2 Å². The second-order valence-corrected chi connectivity index (χ2v) is 9.23. The number of nitrogens with one attached hydrogen (secondary N) is 1. The minimum absolute atomic E-state index is 0.128. The number of anilines is 1. The van der Waals surface area contributed by atoms with Gasteiger partial charge >= 0.3 is 0 Å². The molecule has 1 heterocycles. The van der Waals surface area contributed by atoms with E-state index in [0.29, 0.717) is 18.2 Å². The first-order valence-corrected chi connectivity index (χ1v) is 12.3. The molecule has 0 radical (unpaired) electrons. The molecule has 2 amide bonds. The number of carbonyl (C=O) groups excluding carboxylic acids is 2. The molecule has 0 spiro atoms. The van der Waals surface area contributed by atoms with Gasteiger partial charge in [-0.2, -0.15) is 0 Å². The van der Waals surface area contributed by atoms with Gasteiger partial charge in [0.15, 0.2) is 5.13 Å². The SMILES string of the molecule is CCCCCCC(=O)N(CCCCCOc1cccc2sc(NC(C)=O)nc12)C(C)C. The number of hydrogen-bond donors (Lipinski definition) is 1. The van der Waals surface area contributed by atoms with Gasteiger partial charge in [-0.15, -0.1) is 0 Å². The summed E-state index contributed by atoms with van der Waals surface area (Å²) in [5, 5.41) is 3.32. The van der Waals surface area contributed by atoms with Gasteiger partial charge in [0.2, 0.25) is 11.8 Å². The lowest BCUT2D eigenvalue weighted by Crippen LogP contribution is -2.37. The van der Waals surface area contributed by atoms with E-state index >= 15 is 0 Å². The number of para-hydroxylation sites is 1. The Bertz CT molecular complexity index is 835. The summed E-state index contributed by atoms with van der Waals surface area (Å²) in [4.78, 5) is 30.3. The molecular weight excluding hydrogens is 410 g/mol. The third kappa shape index (κ3) is 8.48. The molecule has 0 aliphatic rings. The predicted molar refractivity (Wildman–Crippen MR) is 129 cm³/mol. The number of nitrogens with zero attached hydrogens (tertiary/aromatic N) is 2. The topological polar surface area (TPSA) is 71.5 Å². The van der Waals surface area contributed by atoms with Gasteiger partial charge < -0.3 is 15.0 Å². The molecule has 2 rings (SSSR count). The van der Waals surface area contributed by atoms with Crippen molar-refractivity contribution in [3.8, 4) is 5.75 Å². The molecule has 0 saturated heterocycles. The molecule has 0 saturated carbocycles. The zero-order valence-electron chi connectivity index (χ0n) is 19.4. The number of amides is 2. The summed E-state index contributed by atoms with van der Waals surface area (Å²) in [6, 6.07) is 6.08. The Morgan fingerprint density at radius 3 is 2.61 bits per heavy atom. The van der Waals surface area contributed by atoms with Crippen molar-refractivity contribution >= 4 is 38.5 Å². The standard InChI is InChI=1S/C24H37N3O3S/c1-5-6-7-9-15-22(29)27(18(2)3)16-10-8-11-17-30-20-13-12-14-21-23(20)26-24(31-21)25-19(4)28/h12-14,18H,5-11,15-17H2,1-4H3,(H,25,26,28). The summed E-state index contributed by atoms with van der Waals surface area (Å²) in [6.07, 6.45) is 8.12. The Kier molecular flexibility index (Phi) is 10.8. The minimum Gasteiger partial charge on any atom is -0.491 e. The lowest BCUT2D eigenvalue weighted by Gasteiger charge is -2.27. The molecule has 31 heavy (non-hydrogen) atoms. The number of hydrogen-bond acceptors (Lipinski definition) is 5. The fourth-order valence-corrected chi connectivity index (χ4v) is 4.43. The number of thiazole rings is 1. The lowest BCUT2D eigenvalue weighted by atomic mass is 10.1. The van der Waals surface area contributed by atoms with Crippen LogP contribution in [0, 0.1) is 0 Å². The largest absolute Gasteiger partial charge is 0.491 e. The van der Waals surface area contributed by atoms with Gasteiger partial charge in [-0.25, -0.2) is 4.98 Å². The molecule has 6 nitrogen and oxygen atoms in total. The minimum atomic E-state index is -0.128. The van der Waals surface area contributed by atoms with E-state index in [1.54, 1.807) is 0 Å². The first kappa shape index (κ1) is 25.1. The van der Waals surface area contributed by atoms with E-state index in [4.69, 9.17) is 4.74 Å². The lowest BCUT2D eigenvalue weighted by molar-refractivity contribution is -0.133. The molecule has 0 fully saturated rings. The van der Waals surface area contributed by atoms with Crippen molar-refractivity contribution in [2.45, 2.75) is 85.1 Å². The number of ether oxygens (including phenoxy) is 1. The molecule has 1 aromatic carbocycles. The zero-order valence-corrected chi connectivity index (χ0v) is 20.2. The molecule has 0 atom stereocenters. The van der Waals surface area contributed by atoms with Gasteiger partial charge in [-0.05, 0) is 51.7 Å². The quantitative estimate of drug-likeness (QED) is 0.360. The summed E-state index contributed by atoms with van der Waals surface area (Å²) in [7, 11) is 0. The molecular formula is C24H37N3O3S. The highest BCUT2D eigenvalue weighted by molar-refractivity contribution is 7.22. The molecule has 0 aliphatic heterocycles. The van der Waals surface area contributed by atoms with Crippen LogP contribution in [-0.4, -0.2) is 40.9 Å². The molecule has 0 aliphatic carbocycles. The monoisotopic (exact) mass is 447 g/mol. The second-order valence-electron chi connectivity index (χ2n) is 8.20. The fourth-order valence-electron chi connectivity index (χ4n) is 3.50. The molecule has 172 valence electrons. The maximum Gasteiger partial charge on any atom is 0.223 e. The highest BCUT2D eigenvalue weighted by atomic mass is 32.1. The Balaban J connectivity index is 1.74. The van der Waals surface area contributed by atoms with Crippen molar-refractivity contribution in [2.24, 2.45) is 0 Å². The number of carbonyl (C=O) groups is 2. The van der Waals surface area contributed by atoms with Crippen molar-refractivity contribution in [2.75, 3.05) is 18.5 Å². The predicted octanol–water partition coefficient (Wildman–Crippen LogP) is 6.01. The average Bonchev–Trinajstić information content (AvgIpc) is 3.12. The van der Waals surface area contributed by atoms with Crippen LogP contribution in [0.5, 0.6) is 5.75 Å². The van der Waals surface area contributed by atoms with Crippen LogP contribution in [-0.2, 0) is 9.59 Å². The number of rotatable bonds is 14. The highest BCUT2D eigenvalue weighted by Gasteiger charge is 2.16. The van der Waals surface area contributed by atoms with E-state index in [9.17, 15) is 9.59 Å². The fraction of sp³-hybridized carbons (Fsp3) is 0.625. The summed E-state index contributed by atoms with van der Waals surface area (Å²) < 4.78 is 6.96. The Hall–Kier alpha value is -2.15. The van der Waals surface area contributed by atoms with E-state index in [0.717, 1.165) is 54.6 Å². The van der Waals surface area contributed by atoms with Crippen LogP contribution in [0.1, 0.15) is 79.1 Å². The zero-order chi connectivity index (χ0) is 22.6.